The van der Waals surface area contributed by atoms with Gasteiger partial charge in [0.2, 0.25) is 11.8 Å². The van der Waals surface area contributed by atoms with Crippen molar-refractivity contribution in [1.29, 1.82) is 0 Å². The third kappa shape index (κ3) is 8.20. The molecular weight excluding hydrogens is 384 g/mol. The van der Waals surface area contributed by atoms with Gasteiger partial charge in [0.15, 0.2) is 0 Å². The molecule has 0 aliphatic heterocycles. The zero-order valence-corrected chi connectivity index (χ0v) is 18.2. The number of nitrogens with one attached hydrogen (secondary N) is 2. The fourth-order valence-corrected chi connectivity index (χ4v) is 3.41. The summed E-state index contributed by atoms with van der Waals surface area (Å²) in [5.41, 5.74) is 1.52. The van der Waals surface area contributed by atoms with Crippen molar-refractivity contribution in [2.75, 3.05) is 17.2 Å². The Bertz CT molecular complexity index is 776. The summed E-state index contributed by atoms with van der Waals surface area (Å²) < 4.78 is 5.64. The van der Waals surface area contributed by atoms with Gasteiger partial charge in [0.1, 0.15) is 5.75 Å². The summed E-state index contributed by atoms with van der Waals surface area (Å²) in [6.07, 6.45) is 3.46. The molecule has 0 saturated heterocycles. The number of anilines is 2. The predicted octanol–water partition coefficient (Wildman–Crippen LogP) is 5.72. The molecule has 2 rings (SSSR count). The molecule has 2 aromatic rings. The Morgan fingerprint density at radius 3 is 2.17 bits per heavy atom. The fourth-order valence-electron chi connectivity index (χ4n) is 2.54. The van der Waals surface area contributed by atoms with E-state index in [-0.39, 0.29) is 17.1 Å². The first-order chi connectivity index (χ1) is 14.0. The van der Waals surface area contributed by atoms with Gasteiger partial charge in [-0.3, -0.25) is 9.59 Å². The van der Waals surface area contributed by atoms with E-state index in [1.54, 1.807) is 0 Å². The maximum atomic E-state index is 12.5. The molecule has 0 radical (unpaired) electrons. The monoisotopic (exact) mass is 414 g/mol. The highest BCUT2D eigenvalue weighted by atomic mass is 32.2. The van der Waals surface area contributed by atoms with Crippen molar-refractivity contribution in [1.82, 2.24) is 0 Å². The van der Waals surface area contributed by atoms with Crippen LogP contribution < -0.4 is 15.4 Å². The van der Waals surface area contributed by atoms with Crippen molar-refractivity contribution >= 4 is 35.0 Å². The summed E-state index contributed by atoms with van der Waals surface area (Å²) in [5, 5.41) is 5.54. The largest absolute Gasteiger partial charge is 0.494 e. The van der Waals surface area contributed by atoms with E-state index in [0.717, 1.165) is 41.3 Å². The van der Waals surface area contributed by atoms with Crippen molar-refractivity contribution in [3.63, 3.8) is 0 Å². The first-order valence-electron chi connectivity index (χ1n) is 10.1. The summed E-state index contributed by atoms with van der Waals surface area (Å²) in [7, 11) is 0. The molecule has 0 spiro atoms. The summed E-state index contributed by atoms with van der Waals surface area (Å²) in [4.78, 5) is 25.1. The molecule has 2 aromatic carbocycles. The zero-order valence-electron chi connectivity index (χ0n) is 17.4. The second-order valence-corrected chi connectivity index (χ2v) is 8.21. The summed E-state index contributed by atoms with van der Waals surface area (Å²) in [6, 6.07) is 15.0. The molecule has 5 nitrogen and oxygen atoms in total. The number of thioether (sulfide) groups is 1. The molecule has 156 valence electrons. The van der Waals surface area contributed by atoms with Gasteiger partial charge < -0.3 is 15.4 Å². The van der Waals surface area contributed by atoms with E-state index in [1.165, 1.54) is 11.8 Å². The Hall–Kier alpha value is -2.47. The number of ether oxygens (including phenoxy) is 1. The van der Waals surface area contributed by atoms with Crippen LogP contribution >= 0.6 is 11.8 Å². The Morgan fingerprint density at radius 2 is 1.55 bits per heavy atom. The SMILES string of the molecule is CCCCOc1ccc(NC(=O)C(C)Sc2ccc(NC(=O)CCC)cc2)cc1. The van der Waals surface area contributed by atoms with E-state index in [1.807, 2.05) is 62.4 Å². The highest BCUT2D eigenvalue weighted by Crippen LogP contribution is 2.26. The molecule has 2 N–H and O–H groups in total. The summed E-state index contributed by atoms with van der Waals surface area (Å²) in [6.45, 7) is 6.68. The molecule has 2 amide bonds. The Balaban J connectivity index is 1.83. The van der Waals surface area contributed by atoms with E-state index in [9.17, 15) is 9.59 Å². The average molecular weight is 415 g/mol. The Morgan fingerprint density at radius 1 is 0.931 bits per heavy atom. The van der Waals surface area contributed by atoms with Gasteiger partial charge in [0, 0.05) is 22.7 Å². The van der Waals surface area contributed by atoms with Gasteiger partial charge in [-0.25, -0.2) is 0 Å². The van der Waals surface area contributed by atoms with Crippen LogP contribution in [0.5, 0.6) is 5.75 Å². The molecular formula is C23H30N2O3S. The lowest BCUT2D eigenvalue weighted by atomic mass is 10.3. The number of benzene rings is 2. The Labute approximate surface area is 177 Å². The van der Waals surface area contributed by atoms with Crippen LogP contribution in [0.2, 0.25) is 0 Å². The van der Waals surface area contributed by atoms with Gasteiger partial charge in [0.05, 0.1) is 11.9 Å². The van der Waals surface area contributed by atoms with E-state index in [2.05, 4.69) is 17.6 Å². The van der Waals surface area contributed by atoms with Crippen LogP contribution in [0.1, 0.15) is 46.5 Å². The van der Waals surface area contributed by atoms with Gasteiger partial charge in [-0.1, -0.05) is 20.3 Å². The van der Waals surface area contributed by atoms with Crippen molar-refractivity contribution < 1.29 is 14.3 Å². The van der Waals surface area contributed by atoms with Crippen LogP contribution in [-0.2, 0) is 9.59 Å². The molecule has 0 bridgehead atoms. The van der Waals surface area contributed by atoms with E-state index in [4.69, 9.17) is 4.74 Å². The minimum atomic E-state index is -0.254. The second-order valence-electron chi connectivity index (χ2n) is 6.80. The maximum Gasteiger partial charge on any atom is 0.237 e. The van der Waals surface area contributed by atoms with Crippen LogP contribution in [0.25, 0.3) is 0 Å². The van der Waals surface area contributed by atoms with Crippen molar-refractivity contribution in [2.24, 2.45) is 0 Å². The molecule has 29 heavy (non-hydrogen) atoms. The van der Waals surface area contributed by atoms with E-state index in [0.29, 0.717) is 13.0 Å². The molecule has 0 aliphatic rings. The second kappa shape index (κ2) is 12.2. The number of rotatable bonds is 11. The summed E-state index contributed by atoms with van der Waals surface area (Å²) in [5.74, 6) is 0.766. The molecule has 0 aromatic heterocycles. The minimum Gasteiger partial charge on any atom is -0.494 e. The van der Waals surface area contributed by atoms with Gasteiger partial charge in [0.25, 0.3) is 0 Å². The zero-order chi connectivity index (χ0) is 21.1. The fraction of sp³-hybridized carbons (Fsp3) is 0.391. The highest BCUT2D eigenvalue weighted by molar-refractivity contribution is 8.00. The van der Waals surface area contributed by atoms with Crippen LogP contribution in [-0.4, -0.2) is 23.7 Å². The van der Waals surface area contributed by atoms with Crippen LogP contribution in [0.15, 0.2) is 53.4 Å². The third-order valence-corrected chi connectivity index (χ3v) is 5.30. The van der Waals surface area contributed by atoms with Gasteiger partial charge >= 0.3 is 0 Å². The van der Waals surface area contributed by atoms with E-state index >= 15 is 0 Å². The van der Waals surface area contributed by atoms with Crippen molar-refractivity contribution in [2.45, 2.75) is 56.6 Å². The molecule has 1 atom stereocenters. The summed E-state index contributed by atoms with van der Waals surface area (Å²) >= 11 is 1.48. The molecule has 1 unspecified atom stereocenters. The van der Waals surface area contributed by atoms with Gasteiger partial charge in [-0.2, -0.15) is 0 Å². The number of hydrogen-bond acceptors (Lipinski definition) is 4. The predicted molar refractivity (Wildman–Crippen MR) is 121 cm³/mol. The maximum absolute atomic E-state index is 12.5. The van der Waals surface area contributed by atoms with Crippen LogP contribution in [0, 0.1) is 0 Å². The van der Waals surface area contributed by atoms with Gasteiger partial charge in [-0.05, 0) is 68.3 Å². The quantitative estimate of drug-likeness (QED) is 0.364. The smallest absolute Gasteiger partial charge is 0.237 e. The third-order valence-electron chi connectivity index (χ3n) is 4.19. The number of carbonyl (C=O) groups is 2. The van der Waals surface area contributed by atoms with E-state index < -0.39 is 0 Å². The first kappa shape index (κ1) is 22.8. The standard InChI is InChI=1S/C23H30N2O3S/c1-4-6-16-28-20-12-8-19(9-13-20)25-23(27)17(3)29-21-14-10-18(11-15-21)24-22(26)7-5-2/h8-15,17H,4-7,16H2,1-3H3,(H,24,26)(H,25,27). The molecule has 0 saturated carbocycles. The first-order valence-corrected chi connectivity index (χ1v) is 11.0. The minimum absolute atomic E-state index is 0.0161. The number of amides is 2. The lowest BCUT2D eigenvalue weighted by Gasteiger charge is -2.13. The van der Waals surface area contributed by atoms with Crippen molar-refractivity contribution in [3.05, 3.63) is 48.5 Å². The van der Waals surface area contributed by atoms with Crippen LogP contribution in [0.4, 0.5) is 11.4 Å². The molecule has 6 heteroatoms. The lowest BCUT2D eigenvalue weighted by molar-refractivity contribution is -0.116. The molecule has 0 aliphatic carbocycles. The van der Waals surface area contributed by atoms with Crippen molar-refractivity contribution in [3.8, 4) is 5.75 Å². The number of carbonyl (C=O) groups excluding carboxylic acids is 2. The topological polar surface area (TPSA) is 67.4 Å². The van der Waals surface area contributed by atoms with Gasteiger partial charge in [-0.15, -0.1) is 11.8 Å². The van der Waals surface area contributed by atoms with Crippen LogP contribution in [0.3, 0.4) is 0 Å². The number of unbranched alkanes of at least 4 members (excludes halogenated alkanes) is 1. The lowest BCUT2D eigenvalue weighted by Crippen LogP contribution is -2.22. The highest BCUT2D eigenvalue weighted by Gasteiger charge is 2.15. The average Bonchev–Trinajstić information content (AvgIpc) is 2.71. The Kier molecular flexibility index (Phi) is 9.57. The normalized spacial score (nSPS) is 11.6. The molecule has 0 fully saturated rings. The molecule has 0 heterocycles. The number of hydrogen-bond donors (Lipinski definition) is 2.